The number of quaternary nitrogens is 1. The Morgan fingerprint density at radius 2 is 0.889 bits per heavy atom. The molecular formula is C62H115N2O7P. The number of phosphoric acid groups is 1. The van der Waals surface area contributed by atoms with Crippen molar-refractivity contribution < 1.29 is 37.3 Å². The normalized spacial score (nSPS) is 14.2. The Labute approximate surface area is 445 Å². The summed E-state index contributed by atoms with van der Waals surface area (Å²) in [7, 11) is 1.17. The van der Waals surface area contributed by atoms with E-state index in [-0.39, 0.29) is 24.9 Å². The van der Waals surface area contributed by atoms with E-state index in [2.05, 4.69) is 74.7 Å². The molecule has 3 atom stereocenters. The van der Waals surface area contributed by atoms with Crippen LogP contribution in [0.2, 0.25) is 0 Å². The maximum absolute atomic E-state index is 13.5. The van der Waals surface area contributed by atoms with E-state index in [0.29, 0.717) is 17.4 Å². The summed E-state index contributed by atoms with van der Waals surface area (Å²) in [6.45, 7) is 6.78. The van der Waals surface area contributed by atoms with E-state index < -0.39 is 26.6 Å². The van der Waals surface area contributed by atoms with Gasteiger partial charge in [0.2, 0.25) is 5.91 Å². The number of ether oxygens (including phenoxy) is 1. The van der Waals surface area contributed by atoms with Crippen LogP contribution < -0.4 is 10.2 Å². The Hall–Kier alpha value is -2.29. The smallest absolute Gasteiger partial charge is 0.306 e. The molecule has 0 saturated carbocycles. The summed E-state index contributed by atoms with van der Waals surface area (Å²) in [4.78, 5) is 39.9. The van der Waals surface area contributed by atoms with Gasteiger partial charge in [0.25, 0.3) is 7.82 Å². The molecule has 9 nitrogen and oxygen atoms in total. The third-order valence-corrected chi connectivity index (χ3v) is 14.2. The number of nitrogens with zero attached hydrogens (tertiary/aromatic N) is 1. The molecule has 0 aliphatic carbocycles. The molecule has 72 heavy (non-hydrogen) atoms. The van der Waals surface area contributed by atoms with Crippen LogP contribution in [0.15, 0.2) is 60.8 Å². The standard InChI is InChI=1S/C62H115N2O7P/c1-7-10-13-16-19-22-25-28-30-31-32-33-35-37-40-43-46-49-52-55-62(66)71-60(53-50-47-44-41-38-27-24-21-18-15-12-9-3)59(58-70-72(67,68)69-57-56-64(4,5)6)63-61(65)54-51-48-45-42-39-36-34-29-26-23-20-17-14-11-8-2/h19-20,22-23,26,28-30,50,53,59-60H,7-18,21,24-25,27,31-49,51-52,54-58H2,1-6H3,(H-,63,65,67,68)/b22-19-,23-20+,29-26+,30-28-,53-50+. The lowest BCUT2D eigenvalue weighted by Crippen LogP contribution is -2.47. The number of likely N-dealkylation sites (N-methyl/N-ethyl adjacent to an activating group) is 1. The van der Waals surface area contributed by atoms with Crippen molar-refractivity contribution in [3.8, 4) is 0 Å². The number of phosphoric ester groups is 1. The molecule has 0 fully saturated rings. The minimum atomic E-state index is -4.70. The van der Waals surface area contributed by atoms with Gasteiger partial charge in [-0.05, 0) is 89.5 Å². The fraction of sp³-hybridized carbons (Fsp3) is 0.806. The first-order valence-electron chi connectivity index (χ1n) is 30.1. The van der Waals surface area contributed by atoms with Crippen molar-refractivity contribution in [2.24, 2.45) is 0 Å². The van der Waals surface area contributed by atoms with Crippen LogP contribution in [0.25, 0.3) is 0 Å². The van der Waals surface area contributed by atoms with Crippen LogP contribution in [-0.4, -0.2) is 69.4 Å². The maximum Gasteiger partial charge on any atom is 0.306 e. The molecule has 0 spiro atoms. The van der Waals surface area contributed by atoms with Crippen molar-refractivity contribution in [1.29, 1.82) is 0 Å². The molecule has 0 aromatic heterocycles. The highest BCUT2D eigenvalue weighted by atomic mass is 31.2. The monoisotopic (exact) mass is 1030 g/mol. The van der Waals surface area contributed by atoms with Crippen LogP contribution in [0.5, 0.6) is 0 Å². The molecule has 0 aromatic carbocycles. The number of hydrogen-bond acceptors (Lipinski definition) is 7. The van der Waals surface area contributed by atoms with Gasteiger partial charge in [-0.3, -0.25) is 14.2 Å². The van der Waals surface area contributed by atoms with Gasteiger partial charge in [-0.25, -0.2) is 0 Å². The van der Waals surface area contributed by atoms with Gasteiger partial charge >= 0.3 is 5.97 Å². The third kappa shape index (κ3) is 52.6. The second kappa shape index (κ2) is 52.2. The first kappa shape index (κ1) is 69.7. The Bertz CT molecular complexity index is 1420. The Morgan fingerprint density at radius 3 is 1.36 bits per heavy atom. The fourth-order valence-electron chi connectivity index (χ4n) is 8.48. The van der Waals surface area contributed by atoms with E-state index >= 15 is 0 Å². The Morgan fingerprint density at radius 1 is 0.500 bits per heavy atom. The van der Waals surface area contributed by atoms with Crippen molar-refractivity contribution in [3.05, 3.63) is 60.8 Å². The lowest BCUT2D eigenvalue weighted by molar-refractivity contribution is -0.870. The largest absolute Gasteiger partial charge is 0.756 e. The predicted octanol–water partition coefficient (Wildman–Crippen LogP) is 17.6. The molecule has 0 rings (SSSR count). The van der Waals surface area contributed by atoms with Gasteiger partial charge in [0.15, 0.2) is 0 Å². The summed E-state index contributed by atoms with van der Waals surface area (Å²) >= 11 is 0. The molecule has 0 heterocycles. The topological polar surface area (TPSA) is 114 Å². The molecule has 0 radical (unpaired) electrons. The van der Waals surface area contributed by atoms with E-state index in [4.69, 9.17) is 13.8 Å². The molecule has 0 aliphatic heterocycles. The fourth-order valence-corrected chi connectivity index (χ4v) is 9.21. The number of amides is 1. The highest BCUT2D eigenvalue weighted by molar-refractivity contribution is 7.45. The van der Waals surface area contributed by atoms with E-state index in [1.165, 1.54) is 128 Å². The molecule has 0 aromatic rings. The summed E-state index contributed by atoms with van der Waals surface area (Å²) in [6, 6.07) is -0.896. The van der Waals surface area contributed by atoms with Gasteiger partial charge in [-0.1, -0.05) is 230 Å². The van der Waals surface area contributed by atoms with Crippen LogP contribution in [0.3, 0.4) is 0 Å². The second-order valence-corrected chi connectivity index (χ2v) is 22.9. The summed E-state index contributed by atoms with van der Waals surface area (Å²) < 4.78 is 30.3. The van der Waals surface area contributed by atoms with E-state index in [9.17, 15) is 19.0 Å². The number of hydrogen-bond donors (Lipinski definition) is 1. The van der Waals surface area contributed by atoms with Gasteiger partial charge in [0.05, 0.1) is 33.8 Å². The number of nitrogens with one attached hydrogen (secondary N) is 1. The average Bonchev–Trinajstić information content (AvgIpc) is 3.34. The van der Waals surface area contributed by atoms with Crippen molar-refractivity contribution in [2.75, 3.05) is 40.9 Å². The number of rotatable bonds is 54. The molecule has 3 unspecified atom stereocenters. The van der Waals surface area contributed by atoms with Gasteiger partial charge in [0, 0.05) is 12.8 Å². The number of allylic oxidation sites excluding steroid dienone is 9. The summed E-state index contributed by atoms with van der Waals surface area (Å²) in [5, 5.41) is 3.02. The molecule has 420 valence electrons. The lowest BCUT2D eigenvalue weighted by Gasteiger charge is -2.30. The van der Waals surface area contributed by atoms with E-state index in [1.807, 2.05) is 33.3 Å². The van der Waals surface area contributed by atoms with E-state index in [0.717, 1.165) is 109 Å². The van der Waals surface area contributed by atoms with Crippen LogP contribution in [0.4, 0.5) is 0 Å². The van der Waals surface area contributed by atoms with Crippen molar-refractivity contribution in [1.82, 2.24) is 5.32 Å². The molecule has 10 heteroatoms. The molecule has 0 bridgehead atoms. The minimum Gasteiger partial charge on any atom is -0.756 e. The molecule has 1 N–H and O–H groups in total. The second-order valence-electron chi connectivity index (χ2n) is 21.5. The first-order valence-corrected chi connectivity index (χ1v) is 31.6. The zero-order valence-corrected chi connectivity index (χ0v) is 48.8. The summed E-state index contributed by atoms with van der Waals surface area (Å²) in [6.07, 6.45) is 64.6. The zero-order valence-electron chi connectivity index (χ0n) is 47.9. The Balaban J connectivity index is 5.30. The lowest BCUT2D eigenvalue weighted by atomic mass is 10.0. The van der Waals surface area contributed by atoms with Crippen molar-refractivity contribution in [2.45, 2.75) is 283 Å². The molecule has 0 saturated heterocycles. The highest BCUT2D eigenvalue weighted by Gasteiger charge is 2.27. The number of carbonyl (C=O) groups excluding carboxylic acids is 2. The van der Waals surface area contributed by atoms with Gasteiger partial charge in [0.1, 0.15) is 19.3 Å². The van der Waals surface area contributed by atoms with E-state index in [1.54, 1.807) is 0 Å². The number of carbonyl (C=O) groups is 2. The maximum atomic E-state index is 13.5. The zero-order chi connectivity index (χ0) is 52.9. The quantitative estimate of drug-likeness (QED) is 0.0161. The van der Waals surface area contributed by atoms with Gasteiger partial charge in [-0.2, -0.15) is 0 Å². The summed E-state index contributed by atoms with van der Waals surface area (Å²) in [5.41, 5.74) is 0. The van der Waals surface area contributed by atoms with Gasteiger partial charge in [-0.15, -0.1) is 0 Å². The van der Waals surface area contributed by atoms with Crippen LogP contribution in [0.1, 0.15) is 271 Å². The van der Waals surface area contributed by atoms with Crippen LogP contribution in [-0.2, 0) is 27.9 Å². The molecule has 0 aliphatic rings. The Kier molecular flexibility index (Phi) is 50.5. The SMILES string of the molecule is CCCCC/C=C\C/C=C\CCCCCCCCCCCC(=O)OC(/C=C/CCCCCCCCCCCC)C(COP(=O)([O-])OCC[N+](C)(C)C)NC(=O)CCCCCCCC/C=C/C=C/CCCCC. The average molecular weight is 1030 g/mol. The first-order chi connectivity index (χ1) is 34.9. The van der Waals surface area contributed by atoms with Crippen LogP contribution in [0, 0.1) is 0 Å². The van der Waals surface area contributed by atoms with Gasteiger partial charge < -0.3 is 28.5 Å². The predicted molar refractivity (Wildman–Crippen MR) is 307 cm³/mol. The van der Waals surface area contributed by atoms with Crippen molar-refractivity contribution >= 4 is 19.7 Å². The summed E-state index contributed by atoms with van der Waals surface area (Å²) in [5.74, 6) is -0.556. The molecule has 1 amide bonds. The van der Waals surface area contributed by atoms with Crippen molar-refractivity contribution in [3.63, 3.8) is 0 Å². The minimum absolute atomic E-state index is 0.0265. The number of esters is 1. The third-order valence-electron chi connectivity index (χ3n) is 13.2. The number of unbranched alkanes of at least 4 members (excludes halogenated alkanes) is 31. The highest BCUT2D eigenvalue weighted by Crippen LogP contribution is 2.38. The van der Waals surface area contributed by atoms with Crippen LogP contribution >= 0.6 is 7.82 Å². The molecular weight excluding hydrogens is 916 g/mol.